The van der Waals surface area contributed by atoms with Crippen molar-refractivity contribution >= 4 is 77.7 Å². The van der Waals surface area contributed by atoms with Gasteiger partial charge in [0.2, 0.25) is 35.4 Å². The maximum atomic E-state index is 14.8. The number of hydrogen-bond acceptors (Lipinski definition) is 12. The number of carbonyl (C=O) groups excluding carboxylic acids is 7. The largest absolute Gasteiger partial charge is 0.481 e. The van der Waals surface area contributed by atoms with E-state index >= 15 is 0 Å². The molecule has 21 nitrogen and oxygen atoms in total. The van der Waals surface area contributed by atoms with Crippen molar-refractivity contribution < 1.29 is 73.2 Å². The molecule has 0 aromatic heterocycles. The van der Waals surface area contributed by atoms with Gasteiger partial charge in [0, 0.05) is 25.0 Å². The summed E-state index contributed by atoms with van der Waals surface area (Å²) in [7, 11) is 0. The highest BCUT2D eigenvalue weighted by Crippen LogP contribution is 2.30. The van der Waals surface area contributed by atoms with Crippen molar-refractivity contribution in [3.05, 3.63) is 71.8 Å². The molecular formula is C43H54N6O15S. The van der Waals surface area contributed by atoms with Gasteiger partial charge in [0.1, 0.15) is 36.3 Å². The van der Waals surface area contributed by atoms with Crippen LogP contribution in [0.3, 0.4) is 0 Å². The van der Waals surface area contributed by atoms with Crippen molar-refractivity contribution in [1.29, 1.82) is 0 Å². The predicted octanol–water partition coefficient (Wildman–Crippen LogP) is 0.115. The number of carbonyl (C=O) groups is 11. The number of carboxylic acids is 4. The first-order valence-corrected chi connectivity index (χ1v) is 21.4. The van der Waals surface area contributed by atoms with Crippen molar-refractivity contribution in [3.63, 3.8) is 0 Å². The van der Waals surface area contributed by atoms with E-state index in [9.17, 15) is 73.2 Å². The first-order valence-electron chi connectivity index (χ1n) is 20.7. The summed E-state index contributed by atoms with van der Waals surface area (Å²) in [6.07, 6.45) is 0.705. The van der Waals surface area contributed by atoms with Crippen LogP contribution >= 0.6 is 12.6 Å². The molecule has 0 spiro atoms. The number of benzene rings is 2. The highest BCUT2D eigenvalue weighted by Gasteiger charge is 2.39. The SMILES string of the molecule is CC(=O)N[C@@H](CC(=O)O)C(=O)N[C@H](CC(=O)O)C(=O)N[C@H](C(=O)N[C@@H](CCC(=O)O)C(=O)N[C@@H](CC1CCCCC1)C(=O)N[C@@H](CS)C(=O)C(=O)O)C(c1ccccc1)c1ccccc1. The molecule has 2 aromatic rings. The van der Waals surface area contributed by atoms with E-state index in [0.29, 0.717) is 24.0 Å². The zero-order valence-corrected chi connectivity index (χ0v) is 36.3. The fourth-order valence-electron chi connectivity index (χ4n) is 7.41. The lowest BCUT2D eigenvalue weighted by Gasteiger charge is -2.32. The van der Waals surface area contributed by atoms with Crippen molar-refractivity contribution in [2.24, 2.45) is 5.92 Å². The second-order valence-electron chi connectivity index (χ2n) is 15.5. The van der Waals surface area contributed by atoms with Crippen molar-refractivity contribution in [1.82, 2.24) is 31.9 Å². The molecule has 0 bridgehead atoms. The smallest absolute Gasteiger partial charge is 0.374 e. The van der Waals surface area contributed by atoms with Gasteiger partial charge in [0.15, 0.2) is 0 Å². The Bertz CT molecular complexity index is 1990. The minimum absolute atomic E-state index is 0.0342. The van der Waals surface area contributed by atoms with Gasteiger partial charge in [-0.25, -0.2) is 4.79 Å². The Labute approximate surface area is 378 Å². The molecule has 1 saturated carbocycles. The molecule has 1 aliphatic carbocycles. The summed E-state index contributed by atoms with van der Waals surface area (Å²) < 4.78 is 0. The van der Waals surface area contributed by atoms with Gasteiger partial charge in [-0.05, 0) is 29.9 Å². The molecule has 3 rings (SSSR count). The number of amides is 6. The quantitative estimate of drug-likeness (QED) is 0.0441. The second-order valence-corrected chi connectivity index (χ2v) is 15.9. The van der Waals surface area contributed by atoms with E-state index in [4.69, 9.17) is 0 Å². The van der Waals surface area contributed by atoms with Crippen LogP contribution in [0, 0.1) is 5.92 Å². The standard InChI is InChI=1S/C43H54N6O15S/c1-23(50)44-29(20-33(53)54)40(60)47-30(21-34(55)56)41(61)49-36(35(25-13-7-3-8-14-25)26-15-9-4-10-16-26)42(62)45-27(17-18-32(51)52)38(58)46-28(19-24-11-5-2-6-12-24)39(59)48-31(22-65)37(57)43(63)64/h3-4,7-10,13-16,24,27-31,35-36,65H,2,5-6,11-12,17-22H2,1H3,(H,44,50)(H,45,62)(H,46,58)(H,47,60)(H,48,59)(H,49,61)(H,51,52)(H,53,54)(H,55,56)(H,63,64)/t27-,28-,29-,30+,31-,36-/m0/s1. The van der Waals surface area contributed by atoms with Crippen LogP contribution in [0.15, 0.2) is 60.7 Å². The van der Waals surface area contributed by atoms with Gasteiger partial charge in [-0.1, -0.05) is 92.8 Å². The van der Waals surface area contributed by atoms with Crippen LogP contribution in [0.1, 0.15) is 88.2 Å². The monoisotopic (exact) mass is 926 g/mol. The maximum Gasteiger partial charge on any atom is 0.374 e. The third-order valence-electron chi connectivity index (χ3n) is 10.5. The number of Topliss-reactive ketones (excluding diaryl/α,β-unsaturated/α-hetero) is 1. The lowest BCUT2D eigenvalue weighted by molar-refractivity contribution is -0.150. The first-order chi connectivity index (χ1) is 30.8. The molecule has 0 heterocycles. The highest BCUT2D eigenvalue weighted by atomic mass is 32.1. The third-order valence-corrected chi connectivity index (χ3v) is 10.9. The van der Waals surface area contributed by atoms with Gasteiger partial charge in [-0.2, -0.15) is 12.6 Å². The normalized spacial score (nSPS) is 15.3. The number of nitrogens with one attached hydrogen (secondary N) is 6. The van der Waals surface area contributed by atoms with Crippen LogP contribution in [-0.2, 0) is 52.7 Å². The lowest BCUT2D eigenvalue weighted by atomic mass is 9.84. The number of aliphatic carboxylic acids is 4. The molecule has 0 unspecified atom stereocenters. The Kier molecular flexibility index (Phi) is 21.1. The van der Waals surface area contributed by atoms with Gasteiger partial charge in [-0.15, -0.1) is 0 Å². The van der Waals surface area contributed by atoms with Gasteiger partial charge in [0.05, 0.1) is 12.8 Å². The topological polar surface area (TPSA) is 341 Å². The van der Waals surface area contributed by atoms with Crippen LogP contribution in [0.25, 0.3) is 0 Å². The molecule has 6 amide bonds. The Morgan fingerprint density at radius 1 is 0.554 bits per heavy atom. The minimum atomic E-state index is -1.98. The molecule has 65 heavy (non-hydrogen) atoms. The van der Waals surface area contributed by atoms with Crippen LogP contribution in [0.4, 0.5) is 0 Å². The lowest BCUT2D eigenvalue weighted by Crippen LogP contribution is -2.61. The van der Waals surface area contributed by atoms with E-state index in [-0.39, 0.29) is 12.3 Å². The number of thiol groups is 1. The number of ketones is 1. The van der Waals surface area contributed by atoms with Crippen LogP contribution in [-0.4, -0.2) is 128 Å². The predicted molar refractivity (Wildman–Crippen MR) is 231 cm³/mol. The van der Waals surface area contributed by atoms with Crippen molar-refractivity contribution in [3.8, 4) is 0 Å². The van der Waals surface area contributed by atoms with E-state index in [2.05, 4.69) is 44.5 Å². The molecule has 10 N–H and O–H groups in total. The van der Waals surface area contributed by atoms with E-state index in [0.717, 1.165) is 26.2 Å². The Morgan fingerprint density at radius 2 is 1.00 bits per heavy atom. The summed E-state index contributed by atoms with van der Waals surface area (Å²) in [5, 5.41) is 52.1. The fraction of sp³-hybridized carbons (Fsp3) is 0.465. The molecule has 6 atom stereocenters. The number of hydrogen-bond donors (Lipinski definition) is 11. The number of rotatable bonds is 26. The molecule has 1 fully saturated rings. The molecule has 352 valence electrons. The maximum absolute atomic E-state index is 14.8. The van der Waals surface area contributed by atoms with Crippen LogP contribution in [0.2, 0.25) is 0 Å². The van der Waals surface area contributed by atoms with E-state index in [1.807, 2.05) is 0 Å². The Balaban J connectivity index is 2.10. The third kappa shape index (κ3) is 17.3. The molecule has 0 saturated heterocycles. The summed E-state index contributed by atoms with van der Waals surface area (Å²) in [5.41, 5.74) is 0.825. The zero-order valence-electron chi connectivity index (χ0n) is 35.4. The summed E-state index contributed by atoms with van der Waals surface area (Å²) in [6, 6.07) is 6.10. The second kappa shape index (κ2) is 26.1. The summed E-state index contributed by atoms with van der Waals surface area (Å²) in [4.78, 5) is 141. The molecule has 22 heteroatoms. The van der Waals surface area contributed by atoms with Gasteiger partial charge in [0.25, 0.3) is 5.78 Å². The van der Waals surface area contributed by atoms with Gasteiger partial charge < -0.3 is 52.3 Å². The Hall–Kier alpha value is -6.84. The molecule has 2 aromatic carbocycles. The minimum Gasteiger partial charge on any atom is -0.481 e. The molecule has 0 radical (unpaired) electrons. The molecular weight excluding hydrogens is 873 g/mol. The summed E-state index contributed by atoms with van der Waals surface area (Å²) in [5.74, 6) is -15.7. The average molecular weight is 927 g/mol. The van der Waals surface area contributed by atoms with E-state index < -0.39 is 139 Å². The summed E-state index contributed by atoms with van der Waals surface area (Å²) >= 11 is 3.99. The molecule has 1 aliphatic rings. The number of carboxylic acid groups (broad SMARTS) is 4. The first kappa shape index (κ1) is 52.5. The average Bonchev–Trinajstić information content (AvgIpc) is 3.26. The van der Waals surface area contributed by atoms with Gasteiger partial charge >= 0.3 is 23.9 Å². The van der Waals surface area contributed by atoms with E-state index in [1.54, 1.807) is 60.7 Å². The van der Waals surface area contributed by atoms with E-state index in [1.165, 1.54) is 0 Å². The zero-order chi connectivity index (χ0) is 48.2. The highest BCUT2D eigenvalue weighted by molar-refractivity contribution is 7.80. The van der Waals surface area contributed by atoms with Gasteiger partial charge in [-0.3, -0.25) is 47.9 Å². The fourth-order valence-corrected chi connectivity index (χ4v) is 7.67. The molecule has 0 aliphatic heterocycles. The van der Waals surface area contributed by atoms with Crippen molar-refractivity contribution in [2.45, 2.75) is 113 Å². The Morgan fingerprint density at radius 3 is 1.48 bits per heavy atom. The van der Waals surface area contributed by atoms with Crippen molar-refractivity contribution in [2.75, 3.05) is 5.75 Å². The van der Waals surface area contributed by atoms with Crippen LogP contribution in [0.5, 0.6) is 0 Å². The van der Waals surface area contributed by atoms with Crippen LogP contribution < -0.4 is 31.9 Å². The summed E-state index contributed by atoms with van der Waals surface area (Å²) in [6.45, 7) is 0.999.